The SMILES string of the molecule is COc1ccc(OC(C)C(=O)Nc2ccc(C(N)=O)cc2)cc1. The summed E-state index contributed by atoms with van der Waals surface area (Å²) in [5.41, 5.74) is 6.11. The number of nitrogens with two attached hydrogens (primary N) is 1. The van der Waals surface area contributed by atoms with Crippen molar-refractivity contribution in [2.75, 3.05) is 12.4 Å². The highest BCUT2D eigenvalue weighted by atomic mass is 16.5. The van der Waals surface area contributed by atoms with Crippen molar-refractivity contribution in [3.8, 4) is 11.5 Å². The third-order valence-corrected chi connectivity index (χ3v) is 3.18. The normalized spacial score (nSPS) is 11.4. The Balaban J connectivity index is 1.94. The Morgan fingerprint density at radius 3 is 2.09 bits per heavy atom. The Morgan fingerprint density at radius 1 is 1.00 bits per heavy atom. The molecule has 6 heteroatoms. The minimum Gasteiger partial charge on any atom is -0.497 e. The average Bonchev–Trinajstić information content (AvgIpc) is 2.56. The number of methoxy groups -OCH3 is 1. The fourth-order valence-electron chi connectivity index (χ4n) is 1.87. The van der Waals surface area contributed by atoms with Gasteiger partial charge in [-0.05, 0) is 55.5 Å². The van der Waals surface area contributed by atoms with Crippen molar-refractivity contribution in [1.29, 1.82) is 0 Å². The summed E-state index contributed by atoms with van der Waals surface area (Å²) in [5, 5.41) is 2.71. The molecule has 23 heavy (non-hydrogen) atoms. The molecule has 120 valence electrons. The van der Waals surface area contributed by atoms with E-state index in [0.717, 1.165) is 0 Å². The highest BCUT2D eigenvalue weighted by Gasteiger charge is 2.15. The van der Waals surface area contributed by atoms with Gasteiger partial charge in [0.1, 0.15) is 11.5 Å². The summed E-state index contributed by atoms with van der Waals surface area (Å²) in [6, 6.07) is 13.3. The van der Waals surface area contributed by atoms with Crippen LogP contribution in [0.2, 0.25) is 0 Å². The van der Waals surface area contributed by atoms with Crippen molar-refractivity contribution >= 4 is 17.5 Å². The lowest BCUT2D eigenvalue weighted by molar-refractivity contribution is -0.122. The molecule has 2 aromatic rings. The van der Waals surface area contributed by atoms with Crippen LogP contribution in [0, 0.1) is 0 Å². The van der Waals surface area contributed by atoms with E-state index in [0.29, 0.717) is 22.7 Å². The van der Waals surface area contributed by atoms with Gasteiger partial charge in [0.2, 0.25) is 5.91 Å². The van der Waals surface area contributed by atoms with Gasteiger partial charge in [-0.1, -0.05) is 0 Å². The molecule has 0 aromatic heterocycles. The molecule has 0 saturated carbocycles. The molecule has 0 radical (unpaired) electrons. The molecule has 3 N–H and O–H groups in total. The third kappa shape index (κ3) is 4.47. The number of amides is 2. The Kier molecular flexibility index (Phi) is 5.19. The van der Waals surface area contributed by atoms with Gasteiger partial charge in [-0.3, -0.25) is 9.59 Å². The Labute approximate surface area is 134 Å². The summed E-state index contributed by atoms with van der Waals surface area (Å²) in [5.74, 6) is 0.466. The predicted molar refractivity (Wildman–Crippen MR) is 86.7 cm³/mol. The second-order valence-corrected chi connectivity index (χ2v) is 4.87. The smallest absolute Gasteiger partial charge is 0.265 e. The van der Waals surface area contributed by atoms with Crippen LogP contribution < -0.4 is 20.5 Å². The molecule has 2 rings (SSSR count). The minimum atomic E-state index is -0.681. The highest BCUT2D eigenvalue weighted by Crippen LogP contribution is 2.18. The van der Waals surface area contributed by atoms with E-state index in [2.05, 4.69) is 5.32 Å². The van der Waals surface area contributed by atoms with E-state index >= 15 is 0 Å². The van der Waals surface area contributed by atoms with Crippen LogP contribution in [-0.4, -0.2) is 25.0 Å². The lowest BCUT2D eigenvalue weighted by atomic mass is 10.2. The maximum absolute atomic E-state index is 12.1. The Bertz CT molecular complexity index is 681. The standard InChI is InChI=1S/C17H18N2O4/c1-11(23-15-9-7-14(22-2)8-10-15)17(21)19-13-5-3-12(4-6-13)16(18)20/h3-11H,1-2H3,(H2,18,20)(H,19,21). The minimum absolute atomic E-state index is 0.298. The van der Waals surface area contributed by atoms with E-state index in [1.807, 2.05) is 0 Å². The first kappa shape index (κ1) is 16.4. The van der Waals surface area contributed by atoms with Crippen LogP contribution >= 0.6 is 0 Å². The molecular formula is C17H18N2O4. The Hall–Kier alpha value is -3.02. The van der Waals surface area contributed by atoms with Crippen LogP contribution in [-0.2, 0) is 4.79 Å². The topological polar surface area (TPSA) is 90.7 Å². The van der Waals surface area contributed by atoms with Crippen LogP contribution in [0.4, 0.5) is 5.69 Å². The number of rotatable bonds is 6. The van der Waals surface area contributed by atoms with Crippen LogP contribution in [0.15, 0.2) is 48.5 Å². The molecule has 0 heterocycles. The van der Waals surface area contributed by atoms with Crippen molar-refractivity contribution < 1.29 is 19.1 Å². The fraction of sp³-hybridized carbons (Fsp3) is 0.176. The van der Waals surface area contributed by atoms with E-state index in [1.165, 1.54) is 0 Å². The summed E-state index contributed by atoms with van der Waals surface area (Å²) in [7, 11) is 1.58. The number of carbonyl (C=O) groups is 2. The molecule has 0 spiro atoms. The van der Waals surface area contributed by atoms with E-state index in [1.54, 1.807) is 62.6 Å². The average molecular weight is 314 g/mol. The number of hydrogen-bond acceptors (Lipinski definition) is 4. The molecule has 0 saturated heterocycles. The molecule has 0 aliphatic carbocycles. The zero-order valence-electron chi connectivity index (χ0n) is 12.9. The van der Waals surface area contributed by atoms with Crippen molar-refractivity contribution in [3.63, 3.8) is 0 Å². The van der Waals surface area contributed by atoms with Gasteiger partial charge in [-0.15, -0.1) is 0 Å². The number of ether oxygens (including phenoxy) is 2. The van der Waals surface area contributed by atoms with Gasteiger partial charge in [-0.2, -0.15) is 0 Å². The Morgan fingerprint density at radius 2 is 1.57 bits per heavy atom. The highest BCUT2D eigenvalue weighted by molar-refractivity contribution is 5.96. The number of anilines is 1. The second-order valence-electron chi connectivity index (χ2n) is 4.87. The van der Waals surface area contributed by atoms with Gasteiger partial charge >= 0.3 is 0 Å². The molecule has 0 bridgehead atoms. The number of primary amides is 1. The molecular weight excluding hydrogens is 296 g/mol. The second kappa shape index (κ2) is 7.31. The zero-order chi connectivity index (χ0) is 16.8. The first-order chi connectivity index (χ1) is 11.0. The maximum atomic E-state index is 12.1. The summed E-state index contributed by atoms with van der Waals surface area (Å²) in [6.45, 7) is 1.65. The first-order valence-electron chi connectivity index (χ1n) is 7.01. The molecule has 2 amide bonds. The molecule has 0 aliphatic rings. The van der Waals surface area contributed by atoms with Gasteiger partial charge in [0.05, 0.1) is 7.11 Å². The molecule has 1 atom stereocenters. The van der Waals surface area contributed by atoms with Gasteiger partial charge in [0.25, 0.3) is 5.91 Å². The monoisotopic (exact) mass is 314 g/mol. The number of nitrogens with one attached hydrogen (secondary N) is 1. The third-order valence-electron chi connectivity index (χ3n) is 3.18. The van der Waals surface area contributed by atoms with Crippen molar-refractivity contribution in [2.24, 2.45) is 5.73 Å². The quantitative estimate of drug-likeness (QED) is 0.855. The molecule has 0 fully saturated rings. The fourth-order valence-corrected chi connectivity index (χ4v) is 1.87. The van der Waals surface area contributed by atoms with Crippen LogP contribution in [0.5, 0.6) is 11.5 Å². The van der Waals surface area contributed by atoms with E-state index in [4.69, 9.17) is 15.2 Å². The number of hydrogen-bond donors (Lipinski definition) is 2. The molecule has 0 aliphatic heterocycles. The van der Waals surface area contributed by atoms with Gasteiger partial charge in [0, 0.05) is 11.3 Å². The molecule has 6 nitrogen and oxygen atoms in total. The zero-order valence-corrected chi connectivity index (χ0v) is 12.9. The van der Waals surface area contributed by atoms with Crippen LogP contribution in [0.3, 0.4) is 0 Å². The predicted octanol–water partition coefficient (Wildman–Crippen LogP) is 2.20. The first-order valence-corrected chi connectivity index (χ1v) is 7.01. The van der Waals surface area contributed by atoms with E-state index in [9.17, 15) is 9.59 Å². The van der Waals surface area contributed by atoms with Crippen molar-refractivity contribution in [2.45, 2.75) is 13.0 Å². The number of carbonyl (C=O) groups excluding carboxylic acids is 2. The summed E-state index contributed by atoms with van der Waals surface area (Å²) >= 11 is 0. The van der Waals surface area contributed by atoms with Crippen molar-refractivity contribution in [3.05, 3.63) is 54.1 Å². The van der Waals surface area contributed by atoms with E-state index in [-0.39, 0.29) is 5.91 Å². The van der Waals surface area contributed by atoms with Gasteiger partial charge in [0.15, 0.2) is 6.10 Å². The van der Waals surface area contributed by atoms with Gasteiger partial charge < -0.3 is 20.5 Å². The maximum Gasteiger partial charge on any atom is 0.265 e. The lowest BCUT2D eigenvalue weighted by Gasteiger charge is -2.15. The summed E-state index contributed by atoms with van der Waals surface area (Å²) in [4.78, 5) is 23.1. The lowest BCUT2D eigenvalue weighted by Crippen LogP contribution is -2.30. The summed E-state index contributed by atoms with van der Waals surface area (Å²) in [6.07, 6.45) is -0.681. The van der Waals surface area contributed by atoms with Crippen LogP contribution in [0.1, 0.15) is 17.3 Å². The summed E-state index contributed by atoms with van der Waals surface area (Å²) < 4.78 is 10.6. The van der Waals surface area contributed by atoms with Gasteiger partial charge in [-0.25, -0.2) is 0 Å². The molecule has 1 unspecified atom stereocenters. The largest absolute Gasteiger partial charge is 0.497 e. The van der Waals surface area contributed by atoms with Crippen molar-refractivity contribution in [1.82, 2.24) is 0 Å². The van der Waals surface area contributed by atoms with E-state index < -0.39 is 12.0 Å². The molecule has 2 aromatic carbocycles. The van der Waals surface area contributed by atoms with Crippen LogP contribution in [0.25, 0.3) is 0 Å². The number of benzene rings is 2.